The molecule has 2 N–H and O–H groups in total. The van der Waals surface area contributed by atoms with E-state index in [1.165, 1.54) is 30.4 Å². The van der Waals surface area contributed by atoms with E-state index in [-0.39, 0.29) is 6.04 Å². The van der Waals surface area contributed by atoms with Gasteiger partial charge in [-0.1, -0.05) is 30.7 Å². The van der Waals surface area contributed by atoms with E-state index in [4.69, 9.17) is 10.7 Å². The van der Waals surface area contributed by atoms with Crippen LogP contribution < -0.4 is 5.73 Å². The molecule has 2 aromatic rings. The topological polar surface area (TPSA) is 38.9 Å². The largest absolute Gasteiger partial charge is 0.326 e. The summed E-state index contributed by atoms with van der Waals surface area (Å²) in [5.41, 5.74) is 8.56. The lowest BCUT2D eigenvalue weighted by Gasteiger charge is -2.26. The van der Waals surface area contributed by atoms with Crippen molar-refractivity contribution < 1.29 is 0 Å². The molecule has 0 aliphatic carbocycles. The lowest BCUT2D eigenvalue weighted by Crippen LogP contribution is -2.36. The number of fused-ring (bicyclic) bond motifs is 1. The van der Waals surface area contributed by atoms with E-state index in [0.29, 0.717) is 5.25 Å². The molecule has 100 valence electrons. The van der Waals surface area contributed by atoms with Gasteiger partial charge in [0.2, 0.25) is 0 Å². The van der Waals surface area contributed by atoms with Crippen LogP contribution in [0.1, 0.15) is 25.0 Å². The number of nitrogens with zero attached hydrogens (tertiary/aromatic N) is 1. The molecule has 0 spiro atoms. The summed E-state index contributed by atoms with van der Waals surface area (Å²) in [5.74, 6) is 1.27. The van der Waals surface area contributed by atoms with Gasteiger partial charge in [-0.25, -0.2) is 0 Å². The van der Waals surface area contributed by atoms with Crippen molar-refractivity contribution in [1.82, 2.24) is 4.98 Å². The number of thioether (sulfide) groups is 1. The Kier molecular flexibility index (Phi) is 4.04. The molecule has 2 unspecified atom stereocenters. The van der Waals surface area contributed by atoms with E-state index in [1.807, 2.05) is 23.9 Å². The predicted octanol–water partition coefficient (Wildman–Crippen LogP) is 3.39. The fourth-order valence-corrected chi connectivity index (χ4v) is 4.05. The van der Waals surface area contributed by atoms with Gasteiger partial charge in [-0.15, -0.1) is 0 Å². The number of rotatable bonds is 3. The minimum atomic E-state index is 0.235. The molecule has 1 fully saturated rings. The number of nitrogens with two attached hydrogens (primary N) is 1. The van der Waals surface area contributed by atoms with Crippen LogP contribution in [0.25, 0.3) is 10.9 Å². The summed E-state index contributed by atoms with van der Waals surface area (Å²) < 4.78 is 0. The van der Waals surface area contributed by atoms with Crippen molar-refractivity contribution in [3.8, 4) is 0 Å². The Morgan fingerprint density at radius 1 is 1.21 bits per heavy atom. The van der Waals surface area contributed by atoms with Crippen LogP contribution in [0.3, 0.4) is 0 Å². The van der Waals surface area contributed by atoms with Crippen LogP contribution in [0.15, 0.2) is 36.4 Å². The highest BCUT2D eigenvalue weighted by atomic mass is 32.2. The third-order valence-electron chi connectivity index (χ3n) is 3.79. The van der Waals surface area contributed by atoms with Crippen LogP contribution in [-0.2, 0) is 6.42 Å². The van der Waals surface area contributed by atoms with Gasteiger partial charge in [0.25, 0.3) is 0 Å². The monoisotopic (exact) mass is 272 g/mol. The van der Waals surface area contributed by atoms with Crippen molar-refractivity contribution >= 4 is 22.7 Å². The fraction of sp³-hybridized carbons (Fsp3) is 0.438. The molecule has 1 aliphatic heterocycles. The quantitative estimate of drug-likeness (QED) is 0.931. The molecule has 1 aliphatic rings. The lowest BCUT2D eigenvalue weighted by molar-refractivity contribution is 0.556. The van der Waals surface area contributed by atoms with Gasteiger partial charge in [0, 0.05) is 28.8 Å². The van der Waals surface area contributed by atoms with Crippen LogP contribution in [-0.4, -0.2) is 22.0 Å². The second-order valence-electron chi connectivity index (χ2n) is 5.27. The average Bonchev–Trinajstić information content (AvgIpc) is 2.48. The van der Waals surface area contributed by atoms with Crippen LogP contribution in [0.2, 0.25) is 0 Å². The zero-order valence-corrected chi connectivity index (χ0v) is 11.9. The van der Waals surface area contributed by atoms with Crippen molar-refractivity contribution in [3.05, 3.63) is 42.1 Å². The molecule has 1 saturated heterocycles. The number of benzene rings is 1. The summed E-state index contributed by atoms with van der Waals surface area (Å²) in [7, 11) is 0. The van der Waals surface area contributed by atoms with Crippen molar-refractivity contribution in [2.75, 3.05) is 5.75 Å². The van der Waals surface area contributed by atoms with Crippen LogP contribution in [0, 0.1) is 0 Å². The molecule has 1 aromatic heterocycles. The number of hydrogen-bond acceptors (Lipinski definition) is 3. The van der Waals surface area contributed by atoms with E-state index in [0.717, 1.165) is 17.6 Å². The highest BCUT2D eigenvalue weighted by Gasteiger charge is 2.21. The maximum atomic E-state index is 6.36. The van der Waals surface area contributed by atoms with Gasteiger partial charge in [0.15, 0.2) is 0 Å². The number of hydrogen-bond donors (Lipinski definition) is 1. The van der Waals surface area contributed by atoms with Crippen molar-refractivity contribution in [3.63, 3.8) is 0 Å². The Morgan fingerprint density at radius 3 is 2.95 bits per heavy atom. The fourth-order valence-electron chi connectivity index (χ4n) is 2.70. The van der Waals surface area contributed by atoms with Gasteiger partial charge in [-0.2, -0.15) is 11.8 Å². The third-order valence-corrected chi connectivity index (χ3v) is 5.33. The van der Waals surface area contributed by atoms with Crippen molar-refractivity contribution in [1.29, 1.82) is 0 Å². The number of aromatic nitrogens is 1. The first-order valence-corrected chi connectivity index (χ1v) is 8.10. The Bertz CT molecular complexity index is 549. The first-order chi connectivity index (χ1) is 9.33. The first-order valence-electron chi connectivity index (χ1n) is 7.05. The highest BCUT2D eigenvalue weighted by Crippen LogP contribution is 2.28. The molecule has 2 atom stereocenters. The average molecular weight is 272 g/mol. The van der Waals surface area contributed by atoms with Gasteiger partial charge >= 0.3 is 0 Å². The highest BCUT2D eigenvalue weighted by molar-refractivity contribution is 8.00. The summed E-state index contributed by atoms with van der Waals surface area (Å²) in [5, 5.41) is 1.81. The molecule has 2 nitrogen and oxygen atoms in total. The molecule has 0 amide bonds. The van der Waals surface area contributed by atoms with E-state index >= 15 is 0 Å². The molecular formula is C16H20N2S. The number of para-hydroxylation sites is 1. The second-order valence-corrected chi connectivity index (χ2v) is 6.62. The van der Waals surface area contributed by atoms with Crippen LogP contribution in [0.5, 0.6) is 0 Å². The summed E-state index contributed by atoms with van der Waals surface area (Å²) >= 11 is 2.04. The van der Waals surface area contributed by atoms with E-state index in [1.54, 1.807) is 0 Å². The molecular weight excluding hydrogens is 252 g/mol. The summed E-state index contributed by atoms with van der Waals surface area (Å²) in [4.78, 5) is 4.72. The Hall–Kier alpha value is -1.06. The summed E-state index contributed by atoms with van der Waals surface area (Å²) in [6.45, 7) is 0. The summed E-state index contributed by atoms with van der Waals surface area (Å²) in [6, 6.07) is 12.8. The Labute approximate surface area is 118 Å². The maximum Gasteiger partial charge on any atom is 0.0705 e. The second kappa shape index (κ2) is 5.93. The van der Waals surface area contributed by atoms with Gasteiger partial charge < -0.3 is 5.73 Å². The van der Waals surface area contributed by atoms with E-state index in [2.05, 4.69) is 24.3 Å². The third kappa shape index (κ3) is 3.10. The normalized spacial score (nSPS) is 21.4. The zero-order valence-electron chi connectivity index (χ0n) is 11.1. The van der Waals surface area contributed by atoms with Crippen LogP contribution >= 0.6 is 11.8 Å². The minimum absolute atomic E-state index is 0.235. The Balaban J connectivity index is 1.73. The lowest BCUT2D eigenvalue weighted by atomic mass is 10.0. The maximum absolute atomic E-state index is 6.36. The molecule has 2 heterocycles. The standard InChI is InChI=1S/C16H20N2S/c17-14(16-7-3-4-10-19-16)11-13-9-8-12-5-1-2-6-15(12)18-13/h1-2,5-6,8-9,14,16H,3-4,7,10-11,17H2. The van der Waals surface area contributed by atoms with Gasteiger partial charge in [0.1, 0.15) is 0 Å². The first kappa shape index (κ1) is 12.9. The molecule has 0 saturated carbocycles. The molecule has 19 heavy (non-hydrogen) atoms. The molecule has 1 aromatic carbocycles. The molecule has 0 bridgehead atoms. The Morgan fingerprint density at radius 2 is 2.11 bits per heavy atom. The molecule has 3 heteroatoms. The minimum Gasteiger partial charge on any atom is -0.326 e. The van der Waals surface area contributed by atoms with E-state index < -0.39 is 0 Å². The summed E-state index contributed by atoms with van der Waals surface area (Å²) in [6.07, 6.45) is 4.83. The molecule has 3 rings (SSSR count). The van der Waals surface area contributed by atoms with Crippen molar-refractivity contribution in [2.24, 2.45) is 5.73 Å². The SMILES string of the molecule is NC(Cc1ccc2ccccc2n1)C1CCCCS1. The van der Waals surface area contributed by atoms with Crippen molar-refractivity contribution in [2.45, 2.75) is 37.0 Å². The number of pyridine rings is 1. The van der Waals surface area contributed by atoms with E-state index in [9.17, 15) is 0 Å². The smallest absolute Gasteiger partial charge is 0.0705 e. The van der Waals surface area contributed by atoms with Crippen LogP contribution in [0.4, 0.5) is 0 Å². The van der Waals surface area contributed by atoms with Gasteiger partial charge in [0.05, 0.1) is 5.52 Å². The predicted molar refractivity (Wildman–Crippen MR) is 83.5 cm³/mol. The molecule has 0 radical (unpaired) electrons. The zero-order chi connectivity index (χ0) is 13.1. The van der Waals surface area contributed by atoms with Gasteiger partial charge in [-0.05, 0) is 30.7 Å². The van der Waals surface area contributed by atoms with Gasteiger partial charge in [-0.3, -0.25) is 4.98 Å².